The minimum absolute atomic E-state index is 0.0321. The number of carbonyl (C=O) groups excluding carboxylic acids is 1. The molecule has 0 radical (unpaired) electrons. The normalized spacial score (nSPS) is 18.0. The van der Waals surface area contributed by atoms with Crippen LogP contribution in [0.5, 0.6) is 0 Å². The van der Waals surface area contributed by atoms with Gasteiger partial charge in [0.25, 0.3) is 0 Å². The number of carbonyl (C=O) groups is 1. The average Bonchev–Trinajstić information content (AvgIpc) is 2.66. The summed E-state index contributed by atoms with van der Waals surface area (Å²) in [5.74, 6) is -0.183. The molecule has 1 saturated carbocycles. The van der Waals surface area contributed by atoms with Crippen LogP contribution >= 0.6 is 0 Å². The quantitative estimate of drug-likeness (QED) is 0.636. The average molecular weight is 225 g/mol. The maximum Gasteiger partial charge on any atom is 0.246 e. The van der Waals surface area contributed by atoms with E-state index in [1.54, 1.807) is 0 Å². The van der Waals surface area contributed by atoms with Gasteiger partial charge < -0.3 is 15.8 Å². The molecule has 0 aromatic carbocycles. The molecule has 0 heterocycles. The molecule has 0 spiro atoms. The minimum atomic E-state index is -0.229. The zero-order valence-electron chi connectivity index (χ0n) is 9.50. The Morgan fingerprint density at radius 3 is 2.81 bits per heavy atom. The summed E-state index contributed by atoms with van der Waals surface area (Å²) < 4.78 is 5.29. The van der Waals surface area contributed by atoms with Crippen molar-refractivity contribution in [3.8, 4) is 6.07 Å². The lowest BCUT2D eigenvalue weighted by molar-refractivity contribution is -0.126. The largest absolute Gasteiger partial charge is 0.370 e. The first-order valence-corrected chi connectivity index (χ1v) is 5.67. The fourth-order valence-electron chi connectivity index (χ4n) is 1.88. The smallest absolute Gasteiger partial charge is 0.246 e. The van der Waals surface area contributed by atoms with Crippen LogP contribution in [0.2, 0.25) is 0 Å². The summed E-state index contributed by atoms with van der Waals surface area (Å²) in [6.45, 7) is 0.857. The van der Waals surface area contributed by atoms with Gasteiger partial charge in [0, 0.05) is 12.1 Å². The first-order valence-electron chi connectivity index (χ1n) is 5.67. The van der Waals surface area contributed by atoms with E-state index < -0.39 is 0 Å². The molecule has 3 N–H and O–H groups in total. The van der Waals surface area contributed by atoms with E-state index >= 15 is 0 Å². The summed E-state index contributed by atoms with van der Waals surface area (Å²) in [5, 5.41) is 10.9. The van der Waals surface area contributed by atoms with Crippen molar-refractivity contribution >= 4 is 5.91 Å². The molecule has 0 aromatic heterocycles. The summed E-state index contributed by atoms with van der Waals surface area (Å²) in [5.41, 5.74) is 5.84. The second kappa shape index (κ2) is 6.46. The second-order valence-corrected chi connectivity index (χ2v) is 4.32. The minimum Gasteiger partial charge on any atom is -0.370 e. The number of nitrogens with zero attached hydrogens (tertiary/aromatic N) is 1. The number of ether oxygens (including phenoxy) is 1. The van der Waals surface area contributed by atoms with Crippen molar-refractivity contribution in [1.29, 1.82) is 5.26 Å². The Kier molecular flexibility index (Phi) is 5.23. The third-order valence-electron chi connectivity index (χ3n) is 2.78. The lowest BCUT2D eigenvalue weighted by Crippen LogP contribution is -2.42. The summed E-state index contributed by atoms with van der Waals surface area (Å²) >= 11 is 0. The first-order chi connectivity index (χ1) is 7.66. The lowest BCUT2D eigenvalue weighted by Gasteiger charge is -2.22. The highest BCUT2D eigenvalue weighted by Crippen LogP contribution is 2.27. The van der Waals surface area contributed by atoms with Crippen LogP contribution in [-0.2, 0) is 9.53 Å². The van der Waals surface area contributed by atoms with Crippen LogP contribution in [0.15, 0.2) is 0 Å². The van der Waals surface area contributed by atoms with Crippen LogP contribution in [0.25, 0.3) is 0 Å². The van der Waals surface area contributed by atoms with Crippen molar-refractivity contribution in [2.75, 3.05) is 19.8 Å². The van der Waals surface area contributed by atoms with Gasteiger partial charge in [-0.2, -0.15) is 5.26 Å². The topological polar surface area (TPSA) is 88.1 Å². The Balaban J connectivity index is 2.06. The standard InChI is InChI=1S/C11H19N3O2/c12-6-3-7-14-10(15)8-16-9-11(13)4-1-2-5-11/h1-5,7-9,13H2,(H,14,15). The van der Waals surface area contributed by atoms with Crippen molar-refractivity contribution in [3.05, 3.63) is 0 Å². The summed E-state index contributed by atoms with van der Waals surface area (Å²) in [6, 6.07) is 1.95. The van der Waals surface area contributed by atoms with Crippen LogP contribution in [0, 0.1) is 11.3 Å². The molecule has 1 aliphatic rings. The second-order valence-electron chi connectivity index (χ2n) is 4.32. The van der Waals surface area contributed by atoms with E-state index in [0.717, 1.165) is 25.7 Å². The monoisotopic (exact) mass is 225 g/mol. The molecule has 5 heteroatoms. The molecule has 0 aliphatic heterocycles. The van der Waals surface area contributed by atoms with Gasteiger partial charge in [-0.05, 0) is 12.8 Å². The van der Waals surface area contributed by atoms with Gasteiger partial charge in [-0.25, -0.2) is 0 Å². The Hall–Kier alpha value is -1.12. The molecular weight excluding hydrogens is 206 g/mol. The van der Waals surface area contributed by atoms with Gasteiger partial charge in [-0.15, -0.1) is 0 Å². The van der Waals surface area contributed by atoms with Gasteiger partial charge in [0.1, 0.15) is 6.61 Å². The fourth-order valence-corrected chi connectivity index (χ4v) is 1.88. The van der Waals surface area contributed by atoms with E-state index in [1.165, 1.54) is 0 Å². The lowest BCUT2D eigenvalue weighted by atomic mass is 10.0. The number of nitrogens with two attached hydrogens (primary N) is 1. The number of nitrogens with one attached hydrogen (secondary N) is 1. The molecule has 1 amide bonds. The molecule has 5 nitrogen and oxygen atoms in total. The van der Waals surface area contributed by atoms with E-state index in [-0.39, 0.29) is 18.1 Å². The molecule has 1 rings (SSSR count). The molecule has 0 atom stereocenters. The number of hydrogen-bond donors (Lipinski definition) is 2. The van der Waals surface area contributed by atoms with Gasteiger partial charge in [0.15, 0.2) is 0 Å². The van der Waals surface area contributed by atoms with Crippen molar-refractivity contribution < 1.29 is 9.53 Å². The van der Waals surface area contributed by atoms with Crippen LogP contribution < -0.4 is 11.1 Å². The van der Waals surface area contributed by atoms with E-state index in [0.29, 0.717) is 19.6 Å². The van der Waals surface area contributed by atoms with Gasteiger partial charge >= 0.3 is 0 Å². The highest BCUT2D eigenvalue weighted by molar-refractivity contribution is 5.77. The summed E-state index contributed by atoms with van der Waals surface area (Å²) in [6.07, 6.45) is 4.57. The highest BCUT2D eigenvalue weighted by Gasteiger charge is 2.29. The third kappa shape index (κ3) is 4.60. The van der Waals surface area contributed by atoms with Crippen molar-refractivity contribution in [3.63, 3.8) is 0 Å². The van der Waals surface area contributed by atoms with Gasteiger partial charge in [-0.3, -0.25) is 4.79 Å². The predicted octanol–water partition coefficient (Wildman–Crippen LogP) is 0.304. The molecule has 16 heavy (non-hydrogen) atoms. The SMILES string of the molecule is N#CCCNC(=O)COCC1(N)CCCC1. The predicted molar refractivity (Wildman–Crippen MR) is 59.4 cm³/mol. The zero-order chi connectivity index (χ0) is 11.9. The summed E-state index contributed by atoms with van der Waals surface area (Å²) in [4.78, 5) is 11.2. The van der Waals surface area contributed by atoms with Gasteiger partial charge in [-0.1, -0.05) is 12.8 Å². The number of rotatable bonds is 6. The molecule has 0 aromatic rings. The highest BCUT2D eigenvalue weighted by atomic mass is 16.5. The van der Waals surface area contributed by atoms with Gasteiger partial charge in [0.05, 0.1) is 19.1 Å². The van der Waals surface area contributed by atoms with Crippen LogP contribution in [0.1, 0.15) is 32.1 Å². The summed E-state index contributed by atoms with van der Waals surface area (Å²) in [7, 11) is 0. The van der Waals surface area contributed by atoms with Crippen molar-refractivity contribution in [2.24, 2.45) is 5.73 Å². The first kappa shape index (κ1) is 12.9. The van der Waals surface area contributed by atoms with Crippen LogP contribution in [0.3, 0.4) is 0 Å². The maximum absolute atomic E-state index is 11.2. The van der Waals surface area contributed by atoms with Crippen molar-refractivity contribution in [1.82, 2.24) is 5.32 Å². The van der Waals surface area contributed by atoms with E-state index in [1.807, 2.05) is 6.07 Å². The Morgan fingerprint density at radius 2 is 2.19 bits per heavy atom. The Bertz CT molecular complexity index is 267. The molecular formula is C11H19N3O2. The zero-order valence-corrected chi connectivity index (χ0v) is 9.50. The number of amides is 1. The maximum atomic E-state index is 11.2. The molecule has 1 fully saturated rings. The third-order valence-corrected chi connectivity index (χ3v) is 2.78. The van der Waals surface area contributed by atoms with Gasteiger partial charge in [0.2, 0.25) is 5.91 Å². The number of nitriles is 1. The Labute approximate surface area is 95.9 Å². The van der Waals surface area contributed by atoms with E-state index in [2.05, 4.69) is 5.32 Å². The molecule has 0 unspecified atom stereocenters. The fraction of sp³-hybridized carbons (Fsp3) is 0.818. The van der Waals surface area contributed by atoms with Crippen LogP contribution in [-0.4, -0.2) is 31.2 Å². The molecule has 90 valence electrons. The molecule has 0 bridgehead atoms. The van der Waals surface area contributed by atoms with Crippen LogP contribution in [0.4, 0.5) is 0 Å². The molecule has 1 aliphatic carbocycles. The van der Waals surface area contributed by atoms with Crippen molar-refractivity contribution in [2.45, 2.75) is 37.6 Å². The Morgan fingerprint density at radius 1 is 1.50 bits per heavy atom. The molecule has 0 saturated heterocycles. The number of hydrogen-bond acceptors (Lipinski definition) is 4. The van der Waals surface area contributed by atoms with E-state index in [9.17, 15) is 4.79 Å². The van der Waals surface area contributed by atoms with E-state index in [4.69, 9.17) is 15.7 Å².